The number of nitrogens with zero attached hydrogens (tertiary/aromatic N) is 2. The van der Waals surface area contributed by atoms with Gasteiger partial charge in [0.25, 0.3) is 5.69 Å². The number of nitrogens with one attached hydrogen (secondary N) is 1. The van der Waals surface area contributed by atoms with Crippen molar-refractivity contribution in [2.24, 2.45) is 5.92 Å². The molecule has 0 radical (unpaired) electrons. The maximum absolute atomic E-state index is 12.0. The van der Waals surface area contributed by atoms with Gasteiger partial charge in [0.2, 0.25) is 11.8 Å². The van der Waals surface area contributed by atoms with Crippen LogP contribution in [0.1, 0.15) is 6.92 Å². The lowest BCUT2D eigenvalue weighted by molar-refractivity contribution is -0.384. The average Bonchev–Trinajstić information content (AvgIpc) is 2.37. The van der Waals surface area contributed by atoms with Crippen LogP contribution in [0.25, 0.3) is 0 Å². The largest absolute Gasteiger partial charge is 0.335 e. The highest BCUT2D eigenvalue weighted by molar-refractivity contribution is 9.10. The third kappa shape index (κ3) is 2.27. The molecule has 1 atom stereocenters. The molecule has 1 unspecified atom stereocenters. The van der Waals surface area contributed by atoms with Crippen molar-refractivity contribution in [3.8, 4) is 0 Å². The lowest BCUT2D eigenvalue weighted by Gasteiger charge is -2.28. The first-order chi connectivity index (χ1) is 9.32. The van der Waals surface area contributed by atoms with Crippen molar-refractivity contribution >= 4 is 45.2 Å². The van der Waals surface area contributed by atoms with Gasteiger partial charge in [-0.25, -0.2) is 9.69 Å². The van der Waals surface area contributed by atoms with Gasteiger partial charge in [-0.2, -0.15) is 0 Å². The molecule has 8 nitrogen and oxygen atoms in total. The van der Waals surface area contributed by atoms with Crippen molar-refractivity contribution in [2.45, 2.75) is 6.92 Å². The van der Waals surface area contributed by atoms with Crippen LogP contribution in [-0.2, 0) is 9.59 Å². The van der Waals surface area contributed by atoms with Crippen LogP contribution in [0.2, 0.25) is 0 Å². The van der Waals surface area contributed by atoms with Gasteiger partial charge >= 0.3 is 6.03 Å². The molecule has 1 aliphatic heterocycles. The molecular weight excluding hydrogens is 334 g/mol. The molecule has 4 amide bonds. The standard InChI is InChI=1S/C11H8BrN3O5/c1-5-9(16)13-11(18)14(10(5)17)8-3-2-6(15(19)20)4-7(8)12/h2-5H,1H3,(H,13,16,18). The SMILES string of the molecule is CC1C(=O)NC(=O)N(c2ccc([N+](=O)[O-])cc2Br)C1=O. The summed E-state index contributed by atoms with van der Waals surface area (Å²) in [5.41, 5.74) is -0.0490. The van der Waals surface area contributed by atoms with E-state index in [0.29, 0.717) is 0 Å². The second kappa shape index (κ2) is 5.00. The molecule has 1 aliphatic rings. The van der Waals surface area contributed by atoms with Gasteiger partial charge in [0.05, 0.1) is 10.6 Å². The summed E-state index contributed by atoms with van der Waals surface area (Å²) in [6.07, 6.45) is 0. The maximum Gasteiger partial charge on any atom is 0.335 e. The van der Waals surface area contributed by atoms with Gasteiger partial charge in [-0.15, -0.1) is 0 Å². The topological polar surface area (TPSA) is 110 Å². The summed E-state index contributed by atoms with van der Waals surface area (Å²) in [6.45, 7) is 1.37. The molecule has 0 saturated carbocycles. The Morgan fingerprint density at radius 3 is 2.55 bits per heavy atom. The summed E-state index contributed by atoms with van der Waals surface area (Å²) in [7, 11) is 0. The van der Waals surface area contributed by atoms with Gasteiger partial charge in [0.15, 0.2) is 0 Å². The molecule has 1 aromatic carbocycles. The zero-order valence-corrected chi connectivity index (χ0v) is 11.7. The Kier molecular flexibility index (Phi) is 3.53. The zero-order chi connectivity index (χ0) is 15.0. The van der Waals surface area contributed by atoms with Crippen LogP contribution >= 0.6 is 15.9 Å². The molecule has 1 N–H and O–H groups in total. The molecule has 1 aromatic rings. The van der Waals surface area contributed by atoms with Crippen molar-refractivity contribution < 1.29 is 19.3 Å². The minimum atomic E-state index is -1.00. The van der Waals surface area contributed by atoms with Crippen LogP contribution in [-0.4, -0.2) is 22.8 Å². The number of anilines is 1. The number of halogens is 1. The van der Waals surface area contributed by atoms with Crippen LogP contribution < -0.4 is 10.2 Å². The third-order valence-corrected chi connectivity index (χ3v) is 3.44. The number of rotatable bonds is 2. The Hall–Kier alpha value is -2.29. The molecule has 104 valence electrons. The molecule has 0 bridgehead atoms. The summed E-state index contributed by atoms with van der Waals surface area (Å²) in [5, 5.41) is 12.7. The number of non-ortho nitro benzene ring substituents is 1. The summed E-state index contributed by atoms with van der Waals surface area (Å²) in [4.78, 5) is 45.9. The molecule has 2 rings (SSSR count). The van der Waals surface area contributed by atoms with Crippen molar-refractivity contribution in [1.29, 1.82) is 0 Å². The number of imide groups is 2. The van der Waals surface area contributed by atoms with E-state index in [-0.39, 0.29) is 15.8 Å². The monoisotopic (exact) mass is 341 g/mol. The highest BCUT2D eigenvalue weighted by Gasteiger charge is 2.39. The maximum atomic E-state index is 12.0. The number of hydrogen-bond acceptors (Lipinski definition) is 5. The number of carbonyl (C=O) groups is 3. The van der Waals surface area contributed by atoms with E-state index >= 15 is 0 Å². The van der Waals surface area contributed by atoms with Crippen LogP contribution in [0, 0.1) is 16.0 Å². The van der Waals surface area contributed by atoms with Crippen molar-refractivity contribution in [2.75, 3.05) is 4.90 Å². The number of nitro groups is 1. The predicted molar refractivity (Wildman–Crippen MR) is 71.0 cm³/mol. The summed E-state index contributed by atoms with van der Waals surface area (Å²) < 4.78 is 0.205. The molecule has 1 saturated heterocycles. The van der Waals surface area contributed by atoms with Crippen LogP contribution in [0.5, 0.6) is 0 Å². The van der Waals surface area contributed by atoms with Crippen molar-refractivity contribution in [3.63, 3.8) is 0 Å². The molecule has 0 aromatic heterocycles. The first kappa shape index (κ1) is 14.1. The van der Waals surface area contributed by atoms with Crippen molar-refractivity contribution in [1.82, 2.24) is 5.32 Å². The van der Waals surface area contributed by atoms with Gasteiger partial charge < -0.3 is 0 Å². The zero-order valence-electron chi connectivity index (χ0n) is 10.1. The Morgan fingerprint density at radius 1 is 1.35 bits per heavy atom. The molecule has 1 fully saturated rings. The Balaban J connectivity index is 2.45. The van der Waals surface area contributed by atoms with Crippen molar-refractivity contribution in [3.05, 3.63) is 32.8 Å². The fourth-order valence-corrected chi connectivity index (χ4v) is 2.24. The predicted octanol–water partition coefficient (Wildman–Crippen LogP) is 1.58. The van der Waals surface area contributed by atoms with E-state index in [1.165, 1.54) is 25.1 Å². The van der Waals surface area contributed by atoms with Gasteiger partial charge in [-0.05, 0) is 28.9 Å². The van der Waals surface area contributed by atoms with E-state index in [0.717, 1.165) is 4.90 Å². The highest BCUT2D eigenvalue weighted by Crippen LogP contribution is 2.32. The number of nitro benzene ring substituents is 1. The summed E-state index contributed by atoms with van der Waals surface area (Å²) >= 11 is 3.08. The number of amides is 4. The van der Waals surface area contributed by atoms with Gasteiger partial charge in [0, 0.05) is 16.6 Å². The van der Waals surface area contributed by atoms with E-state index < -0.39 is 28.7 Å². The lowest BCUT2D eigenvalue weighted by Crippen LogP contribution is -2.57. The van der Waals surface area contributed by atoms with Crippen LogP contribution in [0.4, 0.5) is 16.2 Å². The molecule has 0 aliphatic carbocycles. The van der Waals surface area contributed by atoms with E-state index in [9.17, 15) is 24.5 Å². The quantitative estimate of drug-likeness (QED) is 0.498. The number of barbiturate groups is 1. The van der Waals surface area contributed by atoms with E-state index in [1.54, 1.807) is 0 Å². The summed E-state index contributed by atoms with van der Waals surface area (Å²) in [6, 6.07) is 2.73. The minimum Gasteiger partial charge on any atom is -0.277 e. The number of carbonyl (C=O) groups excluding carboxylic acids is 3. The van der Waals surface area contributed by atoms with E-state index in [2.05, 4.69) is 15.9 Å². The Morgan fingerprint density at radius 2 is 2.00 bits per heavy atom. The van der Waals surface area contributed by atoms with E-state index in [1.807, 2.05) is 5.32 Å². The highest BCUT2D eigenvalue weighted by atomic mass is 79.9. The molecular formula is C11H8BrN3O5. The summed E-state index contributed by atoms with van der Waals surface area (Å²) in [5.74, 6) is -2.36. The lowest BCUT2D eigenvalue weighted by atomic mass is 10.1. The molecule has 9 heteroatoms. The molecule has 1 heterocycles. The van der Waals surface area contributed by atoms with Gasteiger partial charge in [-0.1, -0.05) is 0 Å². The Bertz CT molecular complexity index is 645. The number of hydrogen-bond donors (Lipinski definition) is 1. The molecule has 20 heavy (non-hydrogen) atoms. The normalized spacial score (nSPS) is 19.0. The van der Waals surface area contributed by atoms with Gasteiger partial charge in [0.1, 0.15) is 5.92 Å². The Labute approximate surface area is 121 Å². The average molecular weight is 342 g/mol. The number of urea groups is 1. The fourth-order valence-electron chi connectivity index (χ4n) is 1.69. The fraction of sp³-hybridized carbons (Fsp3) is 0.182. The van der Waals surface area contributed by atoms with Gasteiger partial charge in [-0.3, -0.25) is 25.0 Å². The second-order valence-electron chi connectivity index (χ2n) is 4.08. The third-order valence-electron chi connectivity index (χ3n) is 2.80. The smallest absolute Gasteiger partial charge is 0.277 e. The van der Waals surface area contributed by atoms with Crippen LogP contribution in [0.15, 0.2) is 22.7 Å². The second-order valence-corrected chi connectivity index (χ2v) is 4.94. The van der Waals surface area contributed by atoms with Crippen LogP contribution in [0.3, 0.4) is 0 Å². The van der Waals surface area contributed by atoms with E-state index in [4.69, 9.17) is 0 Å². The number of benzene rings is 1. The molecule has 0 spiro atoms. The minimum absolute atomic E-state index is 0.137. The first-order valence-corrected chi connectivity index (χ1v) is 6.25. The first-order valence-electron chi connectivity index (χ1n) is 5.45.